The van der Waals surface area contributed by atoms with Crippen LogP contribution >= 0.6 is 15.9 Å². The fourth-order valence-electron chi connectivity index (χ4n) is 2.39. The average molecular weight is 352 g/mol. The number of nitrogens with zero attached hydrogens (tertiary/aromatic N) is 2. The summed E-state index contributed by atoms with van der Waals surface area (Å²) in [6, 6.07) is 6.48. The molecule has 21 heavy (non-hydrogen) atoms. The highest BCUT2D eigenvalue weighted by atomic mass is 79.9. The largest absolute Gasteiger partial charge is 0.496 e. The molecule has 2 aromatic rings. The van der Waals surface area contributed by atoms with Crippen LogP contribution in [0.2, 0.25) is 0 Å². The molecule has 0 aliphatic carbocycles. The van der Waals surface area contributed by atoms with E-state index in [0.717, 1.165) is 29.7 Å². The molecule has 2 rings (SSSR count). The van der Waals surface area contributed by atoms with Gasteiger partial charge in [-0.25, -0.2) is 0 Å². The van der Waals surface area contributed by atoms with Gasteiger partial charge in [0.15, 0.2) is 0 Å². The van der Waals surface area contributed by atoms with E-state index in [4.69, 9.17) is 4.74 Å². The first kappa shape index (κ1) is 16.0. The second kappa shape index (κ2) is 7.61. The van der Waals surface area contributed by atoms with Crippen molar-refractivity contribution in [1.82, 2.24) is 15.1 Å². The number of hydrogen-bond donors (Lipinski definition) is 1. The Hall–Kier alpha value is -1.33. The van der Waals surface area contributed by atoms with Gasteiger partial charge >= 0.3 is 0 Å². The molecule has 0 amide bonds. The molecule has 0 fully saturated rings. The Morgan fingerprint density at radius 1 is 1.38 bits per heavy atom. The first-order chi connectivity index (χ1) is 10.2. The molecule has 1 heterocycles. The van der Waals surface area contributed by atoms with E-state index in [9.17, 15) is 0 Å². The zero-order valence-electron chi connectivity index (χ0n) is 12.8. The topological polar surface area (TPSA) is 39.1 Å². The highest BCUT2D eigenvalue weighted by molar-refractivity contribution is 9.10. The molecular formula is C16H22BrN3O. The Labute approximate surface area is 134 Å². The Morgan fingerprint density at radius 3 is 2.81 bits per heavy atom. The number of ether oxygens (including phenoxy) is 1. The zero-order chi connectivity index (χ0) is 15.2. The van der Waals surface area contributed by atoms with Crippen molar-refractivity contribution in [3.63, 3.8) is 0 Å². The fraction of sp³-hybridized carbons (Fsp3) is 0.438. The van der Waals surface area contributed by atoms with Crippen LogP contribution in [0.25, 0.3) is 0 Å². The maximum absolute atomic E-state index is 5.25. The molecule has 1 atom stereocenters. The summed E-state index contributed by atoms with van der Waals surface area (Å²) in [5.41, 5.74) is 2.43. The molecule has 1 aromatic heterocycles. The summed E-state index contributed by atoms with van der Waals surface area (Å²) in [5, 5.41) is 7.94. The molecule has 4 nitrogen and oxygen atoms in total. The lowest BCUT2D eigenvalue weighted by Gasteiger charge is -2.13. The van der Waals surface area contributed by atoms with Gasteiger partial charge < -0.3 is 10.1 Å². The van der Waals surface area contributed by atoms with Crippen molar-refractivity contribution in [3.05, 3.63) is 46.2 Å². The van der Waals surface area contributed by atoms with Crippen LogP contribution < -0.4 is 10.1 Å². The van der Waals surface area contributed by atoms with Crippen LogP contribution in [-0.2, 0) is 6.54 Å². The quantitative estimate of drug-likeness (QED) is 0.825. The van der Waals surface area contributed by atoms with Crippen molar-refractivity contribution in [1.29, 1.82) is 0 Å². The summed E-state index contributed by atoms with van der Waals surface area (Å²) >= 11 is 3.52. The number of aromatic nitrogens is 2. The van der Waals surface area contributed by atoms with Gasteiger partial charge in [0.05, 0.1) is 24.3 Å². The molecule has 114 valence electrons. The number of methoxy groups -OCH3 is 1. The number of halogens is 1. The van der Waals surface area contributed by atoms with E-state index in [1.165, 1.54) is 11.1 Å². The van der Waals surface area contributed by atoms with Crippen LogP contribution in [0, 0.1) is 0 Å². The van der Waals surface area contributed by atoms with E-state index in [1.54, 1.807) is 7.11 Å². The summed E-state index contributed by atoms with van der Waals surface area (Å²) in [7, 11) is 1.67. The third-order valence-corrected chi connectivity index (χ3v) is 4.09. The second-order valence-electron chi connectivity index (χ2n) is 4.96. The van der Waals surface area contributed by atoms with Gasteiger partial charge in [0.25, 0.3) is 0 Å². The summed E-state index contributed by atoms with van der Waals surface area (Å²) in [6.45, 7) is 6.04. The first-order valence-electron chi connectivity index (χ1n) is 7.26. The summed E-state index contributed by atoms with van der Waals surface area (Å²) in [4.78, 5) is 0. The van der Waals surface area contributed by atoms with E-state index in [0.29, 0.717) is 6.04 Å². The van der Waals surface area contributed by atoms with Gasteiger partial charge in [-0.15, -0.1) is 0 Å². The third-order valence-electron chi connectivity index (χ3n) is 3.48. The maximum atomic E-state index is 5.25. The maximum Gasteiger partial charge on any atom is 0.133 e. The van der Waals surface area contributed by atoms with Gasteiger partial charge in [0.2, 0.25) is 0 Å². The highest BCUT2D eigenvalue weighted by Crippen LogP contribution is 2.26. The average Bonchev–Trinajstić information content (AvgIpc) is 2.93. The van der Waals surface area contributed by atoms with Crippen molar-refractivity contribution >= 4 is 15.9 Å². The minimum atomic E-state index is 0.381. The molecule has 0 spiro atoms. The summed E-state index contributed by atoms with van der Waals surface area (Å²) in [6.07, 6.45) is 5.14. The molecule has 0 radical (unpaired) electrons. The van der Waals surface area contributed by atoms with Gasteiger partial charge in [0, 0.05) is 17.8 Å². The lowest BCUT2D eigenvalue weighted by atomic mass is 10.1. The van der Waals surface area contributed by atoms with Crippen LogP contribution in [-0.4, -0.2) is 23.4 Å². The minimum absolute atomic E-state index is 0.381. The van der Waals surface area contributed by atoms with E-state index >= 15 is 0 Å². The first-order valence-corrected chi connectivity index (χ1v) is 8.05. The molecule has 1 N–H and O–H groups in total. The van der Waals surface area contributed by atoms with Crippen molar-refractivity contribution in [2.24, 2.45) is 0 Å². The van der Waals surface area contributed by atoms with Gasteiger partial charge in [-0.1, -0.05) is 19.9 Å². The van der Waals surface area contributed by atoms with E-state index in [-0.39, 0.29) is 0 Å². The number of nitrogens with one attached hydrogen (secondary N) is 1. The monoisotopic (exact) mass is 351 g/mol. The van der Waals surface area contributed by atoms with Crippen LogP contribution in [0.5, 0.6) is 5.75 Å². The molecule has 0 saturated carbocycles. The van der Waals surface area contributed by atoms with Gasteiger partial charge in [0.1, 0.15) is 5.75 Å². The number of rotatable bonds is 7. The predicted molar refractivity (Wildman–Crippen MR) is 88.7 cm³/mol. The number of hydrogen-bond acceptors (Lipinski definition) is 3. The smallest absolute Gasteiger partial charge is 0.133 e. The van der Waals surface area contributed by atoms with Gasteiger partial charge in [-0.3, -0.25) is 4.68 Å². The van der Waals surface area contributed by atoms with Crippen molar-refractivity contribution < 1.29 is 4.74 Å². The van der Waals surface area contributed by atoms with Crippen LogP contribution in [0.3, 0.4) is 0 Å². The van der Waals surface area contributed by atoms with E-state index in [1.807, 2.05) is 16.9 Å². The molecule has 0 bridgehead atoms. The Balaban J connectivity index is 2.10. The summed E-state index contributed by atoms with van der Waals surface area (Å²) < 4.78 is 8.19. The van der Waals surface area contributed by atoms with E-state index < -0.39 is 0 Å². The molecule has 0 saturated heterocycles. The van der Waals surface area contributed by atoms with Gasteiger partial charge in [-0.2, -0.15) is 5.10 Å². The summed E-state index contributed by atoms with van der Waals surface area (Å²) in [5.74, 6) is 0.845. The molecule has 0 aliphatic heterocycles. The SMILES string of the molecule is CCNC(CC)c1cnn(Cc2ccc(OC)c(Br)c2)c1. The Bertz CT molecular complexity index is 583. The van der Waals surface area contributed by atoms with Crippen LogP contribution in [0.4, 0.5) is 0 Å². The van der Waals surface area contributed by atoms with Crippen LogP contribution in [0.15, 0.2) is 35.1 Å². The Kier molecular flexibility index (Phi) is 5.82. The normalized spacial score (nSPS) is 12.4. The minimum Gasteiger partial charge on any atom is -0.496 e. The fourth-order valence-corrected chi connectivity index (χ4v) is 2.97. The molecule has 5 heteroatoms. The molecule has 1 aromatic carbocycles. The van der Waals surface area contributed by atoms with Gasteiger partial charge in [-0.05, 0) is 46.6 Å². The lowest BCUT2D eigenvalue weighted by molar-refractivity contribution is 0.412. The number of benzene rings is 1. The lowest BCUT2D eigenvalue weighted by Crippen LogP contribution is -2.19. The highest BCUT2D eigenvalue weighted by Gasteiger charge is 2.10. The standard InChI is InChI=1S/C16H22BrN3O/c1-4-15(18-5-2)13-9-19-20(11-13)10-12-6-7-16(21-3)14(17)8-12/h6-9,11,15,18H,4-5,10H2,1-3H3. The van der Waals surface area contributed by atoms with Crippen molar-refractivity contribution in [2.75, 3.05) is 13.7 Å². The van der Waals surface area contributed by atoms with Crippen LogP contribution in [0.1, 0.15) is 37.4 Å². The molecular weight excluding hydrogens is 330 g/mol. The second-order valence-corrected chi connectivity index (χ2v) is 5.81. The van der Waals surface area contributed by atoms with Crippen molar-refractivity contribution in [2.45, 2.75) is 32.9 Å². The zero-order valence-corrected chi connectivity index (χ0v) is 14.4. The predicted octanol–water partition coefficient (Wildman–Crippen LogP) is 3.76. The third kappa shape index (κ3) is 4.08. The van der Waals surface area contributed by atoms with E-state index in [2.05, 4.69) is 58.5 Å². The Morgan fingerprint density at radius 2 is 2.19 bits per heavy atom. The molecule has 1 unspecified atom stereocenters. The molecule has 0 aliphatic rings. The van der Waals surface area contributed by atoms with Crippen molar-refractivity contribution in [3.8, 4) is 5.75 Å².